The van der Waals surface area contributed by atoms with E-state index in [2.05, 4.69) is 38.4 Å². The van der Waals surface area contributed by atoms with Crippen LogP contribution in [0.1, 0.15) is 6.42 Å². The van der Waals surface area contributed by atoms with Gasteiger partial charge in [-0.3, -0.25) is 0 Å². The Hall–Kier alpha value is 0.470. The van der Waals surface area contributed by atoms with Crippen LogP contribution in [0.3, 0.4) is 0 Å². The van der Waals surface area contributed by atoms with Gasteiger partial charge >= 0.3 is 0 Å². The molecular weight excluding hydrogens is 291 g/mol. The third-order valence-electron chi connectivity index (χ3n) is 0.887. The van der Waals surface area contributed by atoms with Crippen molar-refractivity contribution in [1.82, 2.24) is 0 Å². The van der Waals surface area contributed by atoms with Gasteiger partial charge in [0.25, 0.3) is 0 Å². The summed E-state index contributed by atoms with van der Waals surface area (Å²) >= 11 is 12.2. The summed E-state index contributed by atoms with van der Waals surface area (Å²) in [5.74, 6) is 0. The molecule has 0 saturated heterocycles. The first-order valence-corrected chi connectivity index (χ1v) is 5.39. The molecule has 0 atom stereocenters. The molecular formula is C8H9Br2Cl. The Morgan fingerprint density at radius 2 is 2.18 bits per heavy atom. The van der Waals surface area contributed by atoms with E-state index in [0.29, 0.717) is 5.03 Å². The van der Waals surface area contributed by atoms with Crippen molar-refractivity contribution in [3.05, 3.63) is 34.3 Å². The van der Waals surface area contributed by atoms with Gasteiger partial charge in [0.1, 0.15) is 0 Å². The molecule has 0 saturated carbocycles. The molecule has 11 heavy (non-hydrogen) atoms. The zero-order chi connectivity index (χ0) is 8.69. The molecule has 0 unspecified atom stereocenters. The number of hydrogen-bond acceptors (Lipinski definition) is 0. The van der Waals surface area contributed by atoms with Crippen LogP contribution in [0.15, 0.2) is 34.3 Å². The maximum absolute atomic E-state index is 5.50. The lowest BCUT2D eigenvalue weighted by atomic mass is 10.4. The number of hydrogen-bond donors (Lipinski definition) is 0. The Morgan fingerprint density at radius 3 is 2.64 bits per heavy atom. The van der Waals surface area contributed by atoms with Gasteiger partial charge in [-0.25, -0.2) is 0 Å². The molecule has 0 aliphatic carbocycles. The smallest absolute Gasteiger partial charge is 0.0334 e. The largest absolute Gasteiger partial charge is 0.0924 e. The summed E-state index contributed by atoms with van der Waals surface area (Å²) in [6, 6.07) is 0. The molecule has 0 fully saturated rings. The van der Waals surface area contributed by atoms with Gasteiger partial charge in [-0.05, 0) is 17.0 Å². The van der Waals surface area contributed by atoms with E-state index in [1.165, 1.54) is 0 Å². The van der Waals surface area contributed by atoms with Gasteiger partial charge in [-0.2, -0.15) is 0 Å². The maximum atomic E-state index is 5.50. The molecule has 0 aromatic rings. The summed E-state index contributed by atoms with van der Waals surface area (Å²) < 4.78 is 1.14. The number of halogens is 3. The molecule has 3 heteroatoms. The second kappa shape index (κ2) is 7.14. The van der Waals surface area contributed by atoms with Crippen LogP contribution in [-0.2, 0) is 0 Å². The average molecular weight is 300 g/mol. The van der Waals surface area contributed by atoms with Crippen LogP contribution in [0, 0.1) is 0 Å². The van der Waals surface area contributed by atoms with Gasteiger partial charge < -0.3 is 0 Å². The lowest BCUT2D eigenvalue weighted by Crippen LogP contribution is -1.71. The van der Waals surface area contributed by atoms with Crippen molar-refractivity contribution in [1.29, 1.82) is 0 Å². The summed E-state index contributed by atoms with van der Waals surface area (Å²) in [5, 5.41) is 1.50. The molecule has 0 spiro atoms. The standard InChI is InChI=1S/C8H9Br2Cl/c1-7(11)3-2-4-8(10)5-6-9/h2-4H,1,5-6H2/b3-2-,8-4+. The van der Waals surface area contributed by atoms with E-state index in [-0.39, 0.29) is 0 Å². The van der Waals surface area contributed by atoms with Gasteiger partial charge in [0.15, 0.2) is 0 Å². The van der Waals surface area contributed by atoms with Crippen molar-refractivity contribution in [2.45, 2.75) is 6.42 Å². The summed E-state index contributed by atoms with van der Waals surface area (Å²) in [5.41, 5.74) is 0. The first-order chi connectivity index (χ1) is 5.16. The van der Waals surface area contributed by atoms with E-state index < -0.39 is 0 Å². The molecule has 0 nitrogen and oxygen atoms in total. The van der Waals surface area contributed by atoms with Crippen molar-refractivity contribution in [2.24, 2.45) is 0 Å². The molecule has 0 heterocycles. The summed E-state index contributed by atoms with van der Waals surface area (Å²) in [4.78, 5) is 0. The quantitative estimate of drug-likeness (QED) is 0.534. The maximum Gasteiger partial charge on any atom is 0.0334 e. The van der Waals surface area contributed by atoms with Gasteiger partial charge in [-0.15, -0.1) is 0 Å². The van der Waals surface area contributed by atoms with Crippen molar-refractivity contribution >= 4 is 43.5 Å². The van der Waals surface area contributed by atoms with E-state index in [4.69, 9.17) is 11.6 Å². The molecule has 0 aromatic carbocycles. The second-order valence-corrected chi connectivity index (χ2v) is 4.16. The normalized spacial score (nSPS) is 12.5. The van der Waals surface area contributed by atoms with Crippen LogP contribution in [0.4, 0.5) is 0 Å². The number of alkyl halides is 1. The minimum atomic E-state index is 0.542. The van der Waals surface area contributed by atoms with Gasteiger partial charge in [0, 0.05) is 10.4 Å². The fourth-order valence-corrected chi connectivity index (χ4v) is 1.81. The SMILES string of the molecule is C=C(Cl)/C=C\C=C(\Br)CCBr. The fourth-order valence-electron chi connectivity index (χ4n) is 0.431. The molecule has 0 bridgehead atoms. The van der Waals surface area contributed by atoms with E-state index in [1.54, 1.807) is 6.08 Å². The minimum absolute atomic E-state index is 0.542. The third kappa shape index (κ3) is 8.38. The molecule has 62 valence electrons. The summed E-state index contributed by atoms with van der Waals surface area (Å²) in [6.07, 6.45) is 6.55. The van der Waals surface area contributed by atoms with Crippen molar-refractivity contribution < 1.29 is 0 Å². The van der Waals surface area contributed by atoms with Crippen LogP contribution < -0.4 is 0 Å². The Bertz CT molecular complexity index is 183. The average Bonchev–Trinajstić information content (AvgIpc) is 1.87. The highest BCUT2D eigenvalue weighted by Gasteiger charge is 1.86. The first kappa shape index (κ1) is 11.5. The van der Waals surface area contributed by atoms with E-state index in [1.807, 2.05) is 12.2 Å². The Kier molecular flexibility index (Phi) is 7.44. The fraction of sp³-hybridized carbons (Fsp3) is 0.250. The Balaban J connectivity index is 3.80. The van der Waals surface area contributed by atoms with Crippen LogP contribution in [0.5, 0.6) is 0 Å². The highest BCUT2D eigenvalue weighted by Crippen LogP contribution is 2.12. The zero-order valence-corrected chi connectivity index (χ0v) is 9.92. The van der Waals surface area contributed by atoms with E-state index in [9.17, 15) is 0 Å². The molecule has 0 aliphatic rings. The van der Waals surface area contributed by atoms with Gasteiger partial charge in [0.2, 0.25) is 0 Å². The molecule has 0 radical (unpaired) electrons. The highest BCUT2D eigenvalue weighted by molar-refractivity contribution is 9.12. The lowest BCUT2D eigenvalue weighted by molar-refractivity contribution is 1.24. The predicted octanol–water partition coefficient (Wildman–Crippen LogP) is 4.36. The zero-order valence-electron chi connectivity index (χ0n) is 5.99. The molecule has 0 amide bonds. The van der Waals surface area contributed by atoms with Crippen LogP contribution in [0.2, 0.25) is 0 Å². The van der Waals surface area contributed by atoms with Crippen LogP contribution in [0.25, 0.3) is 0 Å². The monoisotopic (exact) mass is 298 g/mol. The number of allylic oxidation sites excluding steroid dienone is 5. The third-order valence-corrected chi connectivity index (χ3v) is 2.07. The molecule has 0 aliphatic heterocycles. The molecule has 0 aromatic heterocycles. The van der Waals surface area contributed by atoms with Crippen molar-refractivity contribution in [3.63, 3.8) is 0 Å². The summed E-state index contributed by atoms with van der Waals surface area (Å²) in [6.45, 7) is 3.52. The predicted molar refractivity (Wildman–Crippen MR) is 59.6 cm³/mol. The van der Waals surface area contributed by atoms with Crippen molar-refractivity contribution in [2.75, 3.05) is 5.33 Å². The second-order valence-electron chi connectivity index (χ2n) is 1.86. The summed E-state index contributed by atoms with van der Waals surface area (Å²) in [7, 11) is 0. The lowest BCUT2D eigenvalue weighted by Gasteiger charge is -1.89. The topological polar surface area (TPSA) is 0 Å². The van der Waals surface area contributed by atoms with Crippen LogP contribution >= 0.6 is 43.5 Å². The number of rotatable bonds is 4. The van der Waals surface area contributed by atoms with E-state index in [0.717, 1.165) is 16.2 Å². The highest BCUT2D eigenvalue weighted by atomic mass is 79.9. The Labute approximate surface area is 89.3 Å². The molecule has 0 rings (SSSR count). The first-order valence-electron chi connectivity index (χ1n) is 3.10. The van der Waals surface area contributed by atoms with Gasteiger partial charge in [0.05, 0.1) is 0 Å². The van der Waals surface area contributed by atoms with Crippen LogP contribution in [-0.4, -0.2) is 5.33 Å². The Morgan fingerprint density at radius 1 is 1.55 bits per heavy atom. The van der Waals surface area contributed by atoms with Gasteiger partial charge in [-0.1, -0.05) is 62.2 Å². The minimum Gasteiger partial charge on any atom is -0.0924 e. The van der Waals surface area contributed by atoms with Crippen molar-refractivity contribution in [3.8, 4) is 0 Å². The van der Waals surface area contributed by atoms with E-state index >= 15 is 0 Å². The molecule has 0 N–H and O–H groups in total.